The van der Waals surface area contributed by atoms with Gasteiger partial charge in [0.05, 0.1) is 12.1 Å². The van der Waals surface area contributed by atoms with Crippen molar-refractivity contribution in [1.82, 2.24) is 10.2 Å². The predicted molar refractivity (Wildman–Crippen MR) is 126 cm³/mol. The smallest absolute Gasteiger partial charge is 0.303 e. The number of hydrogen-bond donors (Lipinski definition) is 0. The molecule has 2 aromatic rings. The maximum atomic E-state index is 12.6. The molecule has 0 aliphatic rings. The van der Waals surface area contributed by atoms with E-state index in [1.165, 1.54) is 56.6 Å². The van der Waals surface area contributed by atoms with Crippen LogP contribution in [0.3, 0.4) is 0 Å². The zero-order chi connectivity index (χ0) is 23.2. The Kier molecular flexibility index (Phi) is 11.5. The molecule has 3 nitrogen and oxygen atoms in total. The topological polar surface area (TPSA) is 29.7 Å². The van der Waals surface area contributed by atoms with Gasteiger partial charge in [-0.3, -0.25) is 4.99 Å². The molecule has 0 N–H and O–H groups in total. The molecule has 0 saturated heterocycles. The predicted octanol–water partition coefficient (Wildman–Crippen LogP) is 6.33. The van der Waals surface area contributed by atoms with E-state index in [-0.39, 0.29) is 0 Å². The Morgan fingerprint density at radius 1 is 0.781 bits per heavy atom. The molecule has 0 aromatic heterocycles. The van der Waals surface area contributed by atoms with E-state index < -0.39 is 11.7 Å². The Bertz CT molecular complexity index is 777. The zero-order valence-corrected chi connectivity index (χ0v) is 19.2. The molecule has 0 amide bonds. The van der Waals surface area contributed by atoms with Crippen LogP contribution in [0.1, 0.15) is 61.8 Å². The third kappa shape index (κ3) is 9.96. The molecule has 2 aromatic carbocycles. The standard InChI is InChI=1S/C26H35F3N3/c1-3-16-32(17-4-2)18-6-5-15-30-19-22-7-9-23(10-8-22)20-31-21-24-11-13-25(14-12-24)26(27,28)29/h7-14,21H,3-6,15-20H2,1-2H3/b31-21+. The van der Waals surface area contributed by atoms with E-state index in [1.54, 1.807) is 6.21 Å². The van der Waals surface area contributed by atoms with E-state index in [0.717, 1.165) is 37.2 Å². The summed E-state index contributed by atoms with van der Waals surface area (Å²) in [5, 5.41) is 4.66. The maximum Gasteiger partial charge on any atom is 0.416 e. The Hall–Kier alpha value is -2.18. The van der Waals surface area contributed by atoms with E-state index in [4.69, 9.17) is 0 Å². The minimum absolute atomic E-state index is 0.491. The molecule has 0 heterocycles. The van der Waals surface area contributed by atoms with Crippen LogP contribution in [-0.4, -0.2) is 37.3 Å². The highest BCUT2D eigenvalue weighted by Gasteiger charge is 2.29. The number of unbranched alkanes of at least 4 members (excludes halogenated alkanes) is 1. The van der Waals surface area contributed by atoms with Crippen molar-refractivity contribution >= 4 is 6.21 Å². The molecule has 0 aliphatic heterocycles. The van der Waals surface area contributed by atoms with Crippen LogP contribution < -0.4 is 5.32 Å². The zero-order valence-electron chi connectivity index (χ0n) is 19.2. The van der Waals surface area contributed by atoms with Crippen molar-refractivity contribution < 1.29 is 13.2 Å². The van der Waals surface area contributed by atoms with Crippen molar-refractivity contribution in [2.75, 3.05) is 26.2 Å². The minimum Gasteiger partial charge on any atom is -0.303 e. The summed E-state index contributed by atoms with van der Waals surface area (Å²) in [4.78, 5) is 6.88. The summed E-state index contributed by atoms with van der Waals surface area (Å²) in [5.74, 6) is 0. The van der Waals surface area contributed by atoms with Crippen LogP contribution in [0.2, 0.25) is 0 Å². The Morgan fingerprint density at radius 3 is 1.94 bits per heavy atom. The van der Waals surface area contributed by atoms with E-state index >= 15 is 0 Å². The second-order valence-electron chi connectivity index (χ2n) is 8.06. The van der Waals surface area contributed by atoms with Gasteiger partial charge < -0.3 is 4.90 Å². The molecule has 0 fully saturated rings. The van der Waals surface area contributed by atoms with Crippen LogP contribution in [0.4, 0.5) is 13.2 Å². The third-order valence-corrected chi connectivity index (χ3v) is 5.19. The molecule has 0 unspecified atom stereocenters. The minimum atomic E-state index is -4.31. The SMILES string of the molecule is CCCN(CCC)CCCC[N]Cc1ccc(C/N=C/c2ccc(C(F)(F)F)cc2)cc1. The van der Waals surface area contributed by atoms with Crippen molar-refractivity contribution in [3.05, 3.63) is 70.8 Å². The molecule has 0 saturated carbocycles. The van der Waals surface area contributed by atoms with Crippen molar-refractivity contribution in [1.29, 1.82) is 0 Å². The maximum absolute atomic E-state index is 12.6. The fraction of sp³-hybridized carbons (Fsp3) is 0.500. The fourth-order valence-corrected chi connectivity index (χ4v) is 3.50. The van der Waals surface area contributed by atoms with Gasteiger partial charge in [-0.05, 0) is 74.1 Å². The second-order valence-corrected chi connectivity index (χ2v) is 8.06. The van der Waals surface area contributed by atoms with Crippen LogP contribution in [0.25, 0.3) is 0 Å². The van der Waals surface area contributed by atoms with Gasteiger partial charge in [-0.2, -0.15) is 13.2 Å². The van der Waals surface area contributed by atoms with Crippen LogP contribution in [0, 0.1) is 0 Å². The van der Waals surface area contributed by atoms with Crippen LogP contribution >= 0.6 is 0 Å². The number of alkyl halides is 3. The first kappa shape index (κ1) is 26.1. The van der Waals surface area contributed by atoms with Gasteiger partial charge in [0.1, 0.15) is 0 Å². The van der Waals surface area contributed by atoms with Crippen molar-refractivity contribution in [3.8, 4) is 0 Å². The number of hydrogen-bond acceptors (Lipinski definition) is 2. The summed E-state index contributed by atoms with van der Waals surface area (Å²) in [6.45, 7) is 10.1. The Morgan fingerprint density at radius 2 is 1.38 bits per heavy atom. The lowest BCUT2D eigenvalue weighted by molar-refractivity contribution is -0.137. The Labute approximate surface area is 190 Å². The van der Waals surface area contributed by atoms with E-state index in [0.29, 0.717) is 12.1 Å². The van der Waals surface area contributed by atoms with Crippen LogP contribution in [0.5, 0.6) is 0 Å². The highest BCUT2D eigenvalue weighted by molar-refractivity contribution is 5.79. The molecule has 0 bridgehead atoms. The molecule has 6 heteroatoms. The lowest BCUT2D eigenvalue weighted by Gasteiger charge is -2.20. The van der Waals surface area contributed by atoms with Gasteiger partial charge in [-0.25, -0.2) is 5.32 Å². The van der Waals surface area contributed by atoms with E-state index in [9.17, 15) is 13.2 Å². The molecule has 32 heavy (non-hydrogen) atoms. The van der Waals surface area contributed by atoms with Crippen molar-refractivity contribution in [3.63, 3.8) is 0 Å². The lowest BCUT2D eigenvalue weighted by Crippen LogP contribution is -2.26. The molecular weight excluding hydrogens is 411 g/mol. The summed E-state index contributed by atoms with van der Waals surface area (Å²) in [6, 6.07) is 13.2. The molecule has 0 spiro atoms. The third-order valence-electron chi connectivity index (χ3n) is 5.19. The van der Waals surface area contributed by atoms with Gasteiger partial charge in [0, 0.05) is 19.3 Å². The average molecular weight is 447 g/mol. The summed E-state index contributed by atoms with van der Waals surface area (Å²) >= 11 is 0. The quantitative estimate of drug-likeness (QED) is 0.246. The van der Waals surface area contributed by atoms with Crippen LogP contribution in [0.15, 0.2) is 53.5 Å². The molecule has 1 radical (unpaired) electrons. The number of halogens is 3. The first-order chi connectivity index (χ1) is 15.4. The number of rotatable bonds is 14. The lowest BCUT2D eigenvalue weighted by atomic mass is 10.1. The molecule has 2 rings (SSSR count). The highest BCUT2D eigenvalue weighted by Crippen LogP contribution is 2.28. The Balaban J connectivity index is 1.66. The molecule has 0 aliphatic carbocycles. The normalized spacial score (nSPS) is 12.2. The average Bonchev–Trinajstić information content (AvgIpc) is 2.77. The number of nitrogens with zero attached hydrogens (tertiary/aromatic N) is 3. The van der Waals surface area contributed by atoms with Gasteiger partial charge >= 0.3 is 6.18 Å². The van der Waals surface area contributed by atoms with Crippen molar-refractivity contribution in [2.24, 2.45) is 4.99 Å². The molecule has 0 atom stereocenters. The first-order valence-corrected chi connectivity index (χ1v) is 11.5. The van der Waals surface area contributed by atoms with Gasteiger partial charge in [0.15, 0.2) is 0 Å². The van der Waals surface area contributed by atoms with Crippen LogP contribution in [-0.2, 0) is 19.3 Å². The number of benzene rings is 2. The van der Waals surface area contributed by atoms with E-state index in [2.05, 4.69) is 41.2 Å². The fourth-order valence-electron chi connectivity index (χ4n) is 3.50. The van der Waals surface area contributed by atoms with Crippen molar-refractivity contribution in [2.45, 2.75) is 58.8 Å². The summed E-state index contributed by atoms with van der Waals surface area (Å²) in [5.41, 5.74) is 2.24. The van der Waals surface area contributed by atoms with Gasteiger partial charge in [0.25, 0.3) is 0 Å². The highest BCUT2D eigenvalue weighted by atomic mass is 19.4. The van der Waals surface area contributed by atoms with Gasteiger partial charge in [-0.15, -0.1) is 0 Å². The second kappa shape index (κ2) is 14.1. The summed E-state index contributed by atoms with van der Waals surface area (Å²) in [7, 11) is 0. The monoisotopic (exact) mass is 446 g/mol. The van der Waals surface area contributed by atoms with E-state index in [1.807, 2.05) is 12.1 Å². The van der Waals surface area contributed by atoms with Gasteiger partial charge in [-0.1, -0.05) is 50.2 Å². The summed E-state index contributed by atoms with van der Waals surface area (Å²) in [6.07, 6.45) is 2.03. The van der Waals surface area contributed by atoms with Gasteiger partial charge in [0.2, 0.25) is 0 Å². The molecule has 175 valence electrons. The number of aliphatic imine (C=N–C) groups is 1. The first-order valence-electron chi connectivity index (χ1n) is 11.5. The summed E-state index contributed by atoms with van der Waals surface area (Å²) < 4.78 is 37.8. The largest absolute Gasteiger partial charge is 0.416 e. The molecular formula is C26H35F3N3.